The molecule has 0 saturated heterocycles. The normalized spacial score (nSPS) is 1.50. The van der Waals surface area contributed by atoms with Crippen molar-refractivity contribution in [2.75, 3.05) is 0 Å². The van der Waals surface area contributed by atoms with Crippen LogP contribution in [0.1, 0.15) is 1.43 Å². The van der Waals surface area contributed by atoms with Gasteiger partial charge in [-0.05, 0) is 0 Å². The molecule has 0 aliphatic carbocycles. The maximum Gasteiger partial charge on any atom is 1.00 e. The molecule has 0 heterocycles. The quantitative estimate of drug-likeness (QED) is 0.194. The zero-order valence-electron chi connectivity index (χ0n) is 3.27. The summed E-state index contributed by atoms with van der Waals surface area (Å²) in [5.74, 6) is 0. The van der Waals surface area contributed by atoms with Crippen molar-refractivity contribution in [2.45, 2.75) is 0 Å². The fourth-order valence-corrected chi connectivity index (χ4v) is 0. The van der Waals surface area contributed by atoms with Crippen LogP contribution < -0.4 is 18.9 Å². The van der Waals surface area contributed by atoms with E-state index in [9.17, 15) is 0 Å². The van der Waals surface area contributed by atoms with Crippen LogP contribution in [-0.2, 0) is 17.1 Å². The third-order valence-corrected chi connectivity index (χ3v) is 0. The SMILES string of the molecule is OO.[H-].[Li+].[Mn]. The molecule has 2 nitrogen and oxygen atoms in total. The molecular weight excluding hydrogens is 93.9 g/mol. The van der Waals surface area contributed by atoms with Gasteiger partial charge in [-0.15, -0.1) is 0 Å². The van der Waals surface area contributed by atoms with Crippen molar-refractivity contribution in [2.24, 2.45) is 0 Å². The minimum atomic E-state index is 0. The van der Waals surface area contributed by atoms with Crippen molar-refractivity contribution in [3.8, 4) is 0 Å². The van der Waals surface area contributed by atoms with E-state index >= 15 is 0 Å². The van der Waals surface area contributed by atoms with Gasteiger partial charge in [0.2, 0.25) is 0 Å². The van der Waals surface area contributed by atoms with E-state index in [1.807, 2.05) is 0 Å². The van der Waals surface area contributed by atoms with E-state index in [2.05, 4.69) is 0 Å². The van der Waals surface area contributed by atoms with Crippen LogP contribution in [0, 0.1) is 0 Å². The molecule has 0 unspecified atom stereocenters. The number of rotatable bonds is 0. The Bertz CT molecular complexity index is 9.61. The second-order valence-electron chi connectivity index (χ2n) is 0. The van der Waals surface area contributed by atoms with E-state index in [1.54, 1.807) is 0 Å². The topological polar surface area (TPSA) is 40.5 Å². The second-order valence-corrected chi connectivity index (χ2v) is 0. The van der Waals surface area contributed by atoms with Gasteiger partial charge in [-0.3, -0.25) is 10.5 Å². The Morgan fingerprint density at radius 1 is 1.25 bits per heavy atom. The minimum Gasteiger partial charge on any atom is -1.00 e. The van der Waals surface area contributed by atoms with Crippen LogP contribution in [0.15, 0.2) is 0 Å². The predicted molar refractivity (Wildman–Crippen MR) is 6.37 cm³/mol. The van der Waals surface area contributed by atoms with E-state index in [0.717, 1.165) is 0 Å². The summed E-state index contributed by atoms with van der Waals surface area (Å²) in [6.07, 6.45) is 0. The second kappa shape index (κ2) is 34.6. The Morgan fingerprint density at radius 3 is 1.25 bits per heavy atom. The molecule has 0 aromatic rings. The largest absolute Gasteiger partial charge is 1.00 e. The molecule has 1 radical (unpaired) electrons. The predicted octanol–water partition coefficient (Wildman–Crippen LogP) is -2.87. The van der Waals surface area contributed by atoms with Gasteiger partial charge in [0.15, 0.2) is 0 Å². The van der Waals surface area contributed by atoms with Gasteiger partial charge < -0.3 is 1.43 Å². The van der Waals surface area contributed by atoms with Gasteiger partial charge in [0, 0.05) is 17.1 Å². The van der Waals surface area contributed by atoms with Gasteiger partial charge in [0.1, 0.15) is 0 Å². The molecule has 23 valence electrons. The van der Waals surface area contributed by atoms with Crippen molar-refractivity contribution in [3.63, 3.8) is 0 Å². The third kappa shape index (κ3) is 11.7. The van der Waals surface area contributed by atoms with Crippen LogP contribution in [0.4, 0.5) is 0 Å². The first-order valence-electron chi connectivity index (χ1n) is 0.200. The van der Waals surface area contributed by atoms with Crippen molar-refractivity contribution in [3.05, 3.63) is 0 Å². The molecule has 0 amide bonds. The summed E-state index contributed by atoms with van der Waals surface area (Å²) in [4.78, 5) is 0. The van der Waals surface area contributed by atoms with Crippen LogP contribution in [-0.4, -0.2) is 10.5 Å². The molecule has 0 aliphatic heterocycles. The molecule has 0 spiro atoms. The van der Waals surface area contributed by atoms with E-state index in [-0.39, 0.29) is 37.4 Å². The summed E-state index contributed by atoms with van der Waals surface area (Å²) in [6, 6.07) is 0. The molecule has 0 aromatic carbocycles. The molecule has 0 aliphatic rings. The van der Waals surface area contributed by atoms with Crippen LogP contribution in [0.5, 0.6) is 0 Å². The molecule has 4 heavy (non-hydrogen) atoms. The van der Waals surface area contributed by atoms with Gasteiger partial charge in [-0.2, -0.15) is 0 Å². The average Bonchev–Trinajstić information content (AvgIpc) is 1.00. The first-order chi connectivity index (χ1) is 1.00. The van der Waals surface area contributed by atoms with Crippen LogP contribution in [0.3, 0.4) is 0 Å². The molecule has 0 rings (SSSR count). The molecule has 4 heteroatoms. The van der Waals surface area contributed by atoms with Gasteiger partial charge in [-0.25, -0.2) is 0 Å². The van der Waals surface area contributed by atoms with Crippen LogP contribution in [0.2, 0.25) is 0 Å². The Labute approximate surface area is 48.3 Å². The van der Waals surface area contributed by atoms with Crippen molar-refractivity contribution >= 4 is 0 Å². The number of hydrogen-bond donors (Lipinski definition) is 2. The molecule has 2 N–H and O–H groups in total. The standard InChI is InChI=1S/Li.Mn.H2O2.H/c;;1-2;/h;;1-2H;/q+1;;;-1. The van der Waals surface area contributed by atoms with E-state index in [1.165, 1.54) is 0 Å². The van der Waals surface area contributed by atoms with Crippen LogP contribution >= 0.6 is 0 Å². The summed E-state index contributed by atoms with van der Waals surface area (Å²) in [7, 11) is 0. The Balaban J connectivity index is -0.00000000167. The summed E-state index contributed by atoms with van der Waals surface area (Å²) < 4.78 is 0. The minimum absolute atomic E-state index is 0. The Hall–Kier alpha value is 1.04. The van der Waals surface area contributed by atoms with Gasteiger partial charge >= 0.3 is 18.9 Å². The molecule has 0 saturated carbocycles. The molecule has 0 bridgehead atoms. The smallest absolute Gasteiger partial charge is 1.00 e. The zero-order valence-corrected chi connectivity index (χ0v) is 3.45. The van der Waals surface area contributed by atoms with Gasteiger partial charge in [-0.1, -0.05) is 0 Å². The van der Waals surface area contributed by atoms with Crippen molar-refractivity contribution < 1.29 is 47.9 Å². The fourth-order valence-electron chi connectivity index (χ4n) is 0. The number of hydrogen-bond acceptors (Lipinski definition) is 2. The zero-order chi connectivity index (χ0) is 2.00. The molecule has 0 fully saturated rings. The maximum atomic E-state index is 6.00. The third-order valence-electron chi connectivity index (χ3n) is 0. The summed E-state index contributed by atoms with van der Waals surface area (Å²) in [5.41, 5.74) is 0. The monoisotopic (exact) mass is 97.0 g/mol. The fraction of sp³-hybridized carbons (Fsp3) is 0. The Kier molecular flexibility index (Phi) is 171. The first-order valence-corrected chi connectivity index (χ1v) is 0.200. The van der Waals surface area contributed by atoms with Gasteiger partial charge in [0.05, 0.1) is 0 Å². The first kappa shape index (κ1) is 19.8. The van der Waals surface area contributed by atoms with Crippen molar-refractivity contribution in [1.82, 2.24) is 0 Å². The molecule has 0 atom stereocenters. The summed E-state index contributed by atoms with van der Waals surface area (Å²) >= 11 is 0. The summed E-state index contributed by atoms with van der Waals surface area (Å²) in [5, 5.41) is 12.0. The summed E-state index contributed by atoms with van der Waals surface area (Å²) in [6.45, 7) is 0. The molecular formula is H3LiMnO2. The maximum absolute atomic E-state index is 6.00. The van der Waals surface area contributed by atoms with E-state index in [0.29, 0.717) is 0 Å². The Morgan fingerprint density at radius 2 is 1.25 bits per heavy atom. The van der Waals surface area contributed by atoms with Gasteiger partial charge in [0.25, 0.3) is 0 Å². The average molecular weight is 96.9 g/mol. The molecule has 0 aromatic heterocycles. The van der Waals surface area contributed by atoms with Crippen LogP contribution in [0.25, 0.3) is 0 Å². The van der Waals surface area contributed by atoms with Crippen molar-refractivity contribution in [1.29, 1.82) is 0 Å². The van der Waals surface area contributed by atoms with E-state index < -0.39 is 0 Å². The van der Waals surface area contributed by atoms with E-state index in [4.69, 9.17) is 10.5 Å².